The van der Waals surface area contributed by atoms with E-state index in [0.29, 0.717) is 6.04 Å². The molecule has 0 N–H and O–H groups in total. The predicted molar refractivity (Wildman–Crippen MR) is 148 cm³/mol. The van der Waals surface area contributed by atoms with Crippen LogP contribution in [0.15, 0.2) is 71.8 Å². The number of rotatable bonds is 4. The molecule has 0 aromatic heterocycles. The number of para-hydroxylation sites is 1. The van der Waals surface area contributed by atoms with Crippen molar-refractivity contribution in [3.05, 3.63) is 89.0 Å². The van der Waals surface area contributed by atoms with Gasteiger partial charge in [0.2, 0.25) is 5.72 Å². The fourth-order valence-electron chi connectivity index (χ4n) is 7.04. The average Bonchev–Trinajstić information content (AvgIpc) is 3.44. The van der Waals surface area contributed by atoms with Gasteiger partial charge in [0.1, 0.15) is 5.75 Å². The first-order valence-electron chi connectivity index (χ1n) is 13.9. The Labute approximate surface area is 224 Å². The maximum Gasteiger partial charge on any atom is 0.200 e. The lowest BCUT2D eigenvalue weighted by atomic mass is 9.84. The Morgan fingerprint density at radius 1 is 0.868 bits per heavy atom. The van der Waals surface area contributed by atoms with Crippen molar-refractivity contribution >= 4 is 5.71 Å². The van der Waals surface area contributed by atoms with Crippen molar-refractivity contribution < 1.29 is 14.2 Å². The third kappa shape index (κ3) is 3.77. The number of hydrogen-bond acceptors (Lipinski definition) is 6. The van der Waals surface area contributed by atoms with E-state index in [2.05, 4.69) is 64.5 Å². The van der Waals surface area contributed by atoms with Gasteiger partial charge in [-0.2, -0.15) is 5.10 Å². The summed E-state index contributed by atoms with van der Waals surface area (Å²) >= 11 is 0. The molecular formula is C32H35N3O3. The Balaban J connectivity index is 1.20. The Morgan fingerprint density at radius 3 is 2.45 bits per heavy atom. The summed E-state index contributed by atoms with van der Waals surface area (Å²) < 4.78 is 18.0. The first-order valence-corrected chi connectivity index (χ1v) is 13.9. The quantitative estimate of drug-likeness (QED) is 0.424. The molecule has 38 heavy (non-hydrogen) atoms. The number of likely N-dealkylation sites (tertiary alicyclic amines) is 1. The standard InChI is InChI=1S/C32H35N3O3/c1-36-30-15-14-23(20-31(30)37-2)26-21-28-25-11-5-6-13-29(25)38-32(35(28)33-26)16-18-34(19-17-32)27-12-7-9-22-8-3-4-10-24(22)27/h3-6,8,10-11,13-15,20,27-28H,7,9,12,16-19,21H2,1-2H3/t27-,28-/m1/s1. The average molecular weight is 510 g/mol. The van der Waals surface area contributed by atoms with Gasteiger partial charge in [-0.1, -0.05) is 42.5 Å². The molecule has 3 heterocycles. The highest BCUT2D eigenvalue weighted by atomic mass is 16.5. The second-order valence-electron chi connectivity index (χ2n) is 10.9. The molecular weight excluding hydrogens is 474 g/mol. The molecule has 3 aliphatic heterocycles. The molecule has 6 heteroatoms. The molecule has 7 rings (SSSR count). The Bertz CT molecular complexity index is 1380. The van der Waals surface area contributed by atoms with Gasteiger partial charge in [-0.25, -0.2) is 5.01 Å². The SMILES string of the molecule is COc1ccc(C2=NN3[C@H](C2)c2ccccc2OC32CCN([C@@H]3CCCc4ccccc43)CC2)cc1OC. The van der Waals surface area contributed by atoms with Crippen LogP contribution in [0, 0.1) is 0 Å². The van der Waals surface area contributed by atoms with Crippen LogP contribution in [0.1, 0.15) is 66.4 Å². The van der Waals surface area contributed by atoms with Crippen LogP contribution < -0.4 is 14.2 Å². The molecule has 3 aromatic rings. The van der Waals surface area contributed by atoms with Crippen molar-refractivity contribution in [1.29, 1.82) is 0 Å². The molecule has 196 valence electrons. The molecule has 1 aliphatic carbocycles. The van der Waals surface area contributed by atoms with Gasteiger partial charge in [0.15, 0.2) is 11.5 Å². The van der Waals surface area contributed by atoms with Gasteiger partial charge in [-0.3, -0.25) is 4.90 Å². The normalized spacial score (nSPS) is 23.6. The van der Waals surface area contributed by atoms with Crippen LogP contribution in [0.25, 0.3) is 0 Å². The summed E-state index contributed by atoms with van der Waals surface area (Å²) in [6.45, 7) is 2.01. The Hall–Kier alpha value is -3.51. The summed E-state index contributed by atoms with van der Waals surface area (Å²) in [7, 11) is 3.35. The molecule has 0 bridgehead atoms. The van der Waals surface area contributed by atoms with Crippen LogP contribution >= 0.6 is 0 Å². The molecule has 2 atom stereocenters. The van der Waals surface area contributed by atoms with E-state index in [1.165, 1.54) is 36.0 Å². The second-order valence-corrected chi connectivity index (χ2v) is 10.9. The zero-order valence-corrected chi connectivity index (χ0v) is 22.2. The molecule has 0 amide bonds. The van der Waals surface area contributed by atoms with Gasteiger partial charge in [-0.05, 0) is 54.7 Å². The fraction of sp³-hybridized carbons (Fsp3) is 0.406. The van der Waals surface area contributed by atoms with E-state index in [9.17, 15) is 0 Å². The van der Waals surface area contributed by atoms with E-state index in [1.807, 2.05) is 12.1 Å². The molecule has 1 saturated heterocycles. The first kappa shape index (κ1) is 23.6. The van der Waals surface area contributed by atoms with Crippen LogP contribution in [0.5, 0.6) is 17.2 Å². The van der Waals surface area contributed by atoms with E-state index >= 15 is 0 Å². The van der Waals surface area contributed by atoms with Gasteiger partial charge in [0.25, 0.3) is 0 Å². The van der Waals surface area contributed by atoms with Crippen molar-refractivity contribution in [3.63, 3.8) is 0 Å². The third-order valence-electron chi connectivity index (χ3n) is 8.98. The molecule has 3 aromatic carbocycles. The van der Waals surface area contributed by atoms with Crippen LogP contribution in [-0.2, 0) is 6.42 Å². The van der Waals surface area contributed by atoms with Crippen molar-refractivity contribution in [2.75, 3.05) is 27.3 Å². The van der Waals surface area contributed by atoms with Crippen LogP contribution in [0.3, 0.4) is 0 Å². The van der Waals surface area contributed by atoms with Crippen LogP contribution in [-0.4, -0.2) is 48.7 Å². The number of ether oxygens (including phenoxy) is 3. The summed E-state index contributed by atoms with van der Waals surface area (Å²) in [6, 6.07) is 24.3. The number of nitrogens with zero attached hydrogens (tertiary/aromatic N) is 3. The molecule has 6 nitrogen and oxygen atoms in total. The van der Waals surface area contributed by atoms with E-state index in [-0.39, 0.29) is 6.04 Å². The third-order valence-corrected chi connectivity index (χ3v) is 8.98. The summed E-state index contributed by atoms with van der Waals surface area (Å²) in [4.78, 5) is 2.69. The molecule has 4 aliphatic rings. The highest BCUT2D eigenvalue weighted by molar-refractivity contribution is 6.02. The van der Waals surface area contributed by atoms with Gasteiger partial charge >= 0.3 is 0 Å². The lowest BCUT2D eigenvalue weighted by Crippen LogP contribution is -2.59. The van der Waals surface area contributed by atoms with Crippen molar-refractivity contribution in [3.8, 4) is 17.2 Å². The monoisotopic (exact) mass is 509 g/mol. The summed E-state index contributed by atoms with van der Waals surface area (Å²) in [5.74, 6) is 2.47. The number of methoxy groups -OCH3 is 2. The lowest BCUT2D eigenvalue weighted by Gasteiger charge is -2.52. The van der Waals surface area contributed by atoms with E-state index in [1.54, 1.807) is 14.2 Å². The topological polar surface area (TPSA) is 46.5 Å². The minimum atomic E-state index is -0.429. The largest absolute Gasteiger partial charge is 0.493 e. The van der Waals surface area contributed by atoms with Crippen molar-refractivity contribution in [2.24, 2.45) is 5.10 Å². The number of piperidine rings is 1. The predicted octanol–water partition coefficient (Wildman–Crippen LogP) is 6.12. The van der Waals surface area contributed by atoms with Crippen LogP contribution in [0.2, 0.25) is 0 Å². The molecule has 0 saturated carbocycles. The van der Waals surface area contributed by atoms with Crippen molar-refractivity contribution in [2.45, 2.75) is 56.3 Å². The zero-order valence-electron chi connectivity index (χ0n) is 22.2. The van der Waals surface area contributed by atoms with Gasteiger partial charge in [0.05, 0.1) is 26.0 Å². The Morgan fingerprint density at radius 2 is 1.63 bits per heavy atom. The summed E-state index contributed by atoms with van der Waals surface area (Å²) in [5, 5.41) is 7.57. The fourth-order valence-corrected chi connectivity index (χ4v) is 7.04. The number of fused-ring (bicyclic) bond motifs is 5. The maximum absolute atomic E-state index is 6.89. The Kier molecular flexibility index (Phi) is 5.81. The van der Waals surface area contributed by atoms with Gasteiger partial charge in [0, 0.05) is 49.5 Å². The smallest absolute Gasteiger partial charge is 0.200 e. The number of benzene rings is 3. The minimum absolute atomic E-state index is 0.171. The summed E-state index contributed by atoms with van der Waals surface area (Å²) in [6.07, 6.45) is 6.41. The van der Waals surface area contributed by atoms with Gasteiger partial charge in [-0.15, -0.1) is 0 Å². The number of hydrogen-bond donors (Lipinski definition) is 0. The maximum atomic E-state index is 6.89. The molecule has 1 spiro atoms. The molecule has 1 fully saturated rings. The van der Waals surface area contributed by atoms with E-state index in [0.717, 1.165) is 60.9 Å². The minimum Gasteiger partial charge on any atom is -0.493 e. The number of aryl methyl sites for hydroxylation is 1. The van der Waals surface area contributed by atoms with Gasteiger partial charge < -0.3 is 14.2 Å². The summed E-state index contributed by atoms with van der Waals surface area (Å²) in [5.41, 5.74) is 5.98. The van der Waals surface area contributed by atoms with Crippen molar-refractivity contribution in [1.82, 2.24) is 9.91 Å². The lowest BCUT2D eigenvalue weighted by molar-refractivity contribution is -0.153. The zero-order chi connectivity index (χ0) is 25.7. The number of hydrazone groups is 1. The van der Waals surface area contributed by atoms with Crippen LogP contribution in [0.4, 0.5) is 0 Å². The highest BCUT2D eigenvalue weighted by Gasteiger charge is 2.52. The first-order chi connectivity index (χ1) is 18.7. The highest BCUT2D eigenvalue weighted by Crippen LogP contribution is 2.51. The van der Waals surface area contributed by atoms with E-state index in [4.69, 9.17) is 19.3 Å². The van der Waals surface area contributed by atoms with E-state index < -0.39 is 5.72 Å². The second kappa shape index (κ2) is 9.35. The molecule has 0 unspecified atom stereocenters. The molecule has 0 radical (unpaired) electrons.